The molecule has 19 heavy (non-hydrogen) atoms. The molecule has 0 aliphatic heterocycles. The van der Waals surface area contributed by atoms with Crippen LogP contribution in [-0.2, 0) is 4.74 Å². The van der Waals surface area contributed by atoms with E-state index in [0.717, 1.165) is 0 Å². The van der Waals surface area contributed by atoms with Crippen molar-refractivity contribution in [3.8, 4) is 0 Å². The highest BCUT2D eigenvalue weighted by molar-refractivity contribution is 5.88. The summed E-state index contributed by atoms with van der Waals surface area (Å²) in [5.41, 5.74) is 0. The van der Waals surface area contributed by atoms with Crippen molar-refractivity contribution in [2.24, 2.45) is 0 Å². The molecule has 0 aliphatic carbocycles. The number of hydrogen-bond donors (Lipinski definition) is 3. The van der Waals surface area contributed by atoms with Gasteiger partial charge in [0.25, 0.3) is 0 Å². The minimum atomic E-state index is -0.563. The summed E-state index contributed by atoms with van der Waals surface area (Å²) in [6, 6.07) is 1.60. The lowest BCUT2D eigenvalue weighted by Crippen LogP contribution is -2.32. The fraction of sp³-hybridized carbons (Fsp3) is 0.667. The van der Waals surface area contributed by atoms with E-state index in [0.29, 0.717) is 18.8 Å². The fourth-order valence-corrected chi connectivity index (χ4v) is 1.61. The van der Waals surface area contributed by atoms with Crippen molar-refractivity contribution >= 4 is 11.8 Å². The second-order valence-corrected chi connectivity index (χ2v) is 4.53. The Balaban J connectivity index is 2.33. The number of carbonyl (C=O) groups is 1. The van der Waals surface area contributed by atoms with Crippen LogP contribution in [-0.4, -0.2) is 47.3 Å². The molecule has 0 fully saturated rings. The molecule has 0 aromatic carbocycles. The minimum absolute atomic E-state index is 0.175. The van der Waals surface area contributed by atoms with Gasteiger partial charge in [0.1, 0.15) is 5.82 Å². The molecule has 3 N–H and O–H groups in total. The predicted molar refractivity (Wildman–Crippen MR) is 72.1 cm³/mol. The quantitative estimate of drug-likeness (QED) is 0.689. The maximum absolute atomic E-state index is 11.6. The number of aliphatic hydroxyl groups excluding tert-OH is 1. The van der Waals surface area contributed by atoms with Crippen LogP contribution in [0, 0.1) is 0 Å². The van der Waals surface area contributed by atoms with Gasteiger partial charge in [-0.3, -0.25) is 5.32 Å². The zero-order valence-corrected chi connectivity index (χ0v) is 11.6. The topological polar surface area (TPSA) is 88.4 Å². The molecular formula is C12H22N4O3. The highest BCUT2D eigenvalue weighted by atomic mass is 16.5. The summed E-state index contributed by atoms with van der Waals surface area (Å²) in [7, 11) is 1.52. The van der Waals surface area contributed by atoms with Crippen LogP contribution in [0.4, 0.5) is 10.6 Å². The van der Waals surface area contributed by atoms with E-state index >= 15 is 0 Å². The molecule has 0 radical (unpaired) electrons. The number of methoxy groups -OCH3 is 1. The first kappa shape index (κ1) is 15.5. The maximum Gasteiger partial charge on any atom is 0.320 e. The molecule has 1 aromatic rings. The van der Waals surface area contributed by atoms with Crippen LogP contribution in [0.15, 0.2) is 12.3 Å². The summed E-state index contributed by atoms with van der Waals surface area (Å²) in [6.45, 7) is 4.62. The first-order valence-corrected chi connectivity index (χ1v) is 6.30. The van der Waals surface area contributed by atoms with Crippen molar-refractivity contribution in [3.05, 3.63) is 12.3 Å². The molecule has 1 atom stereocenters. The molecular weight excluding hydrogens is 248 g/mol. The summed E-state index contributed by atoms with van der Waals surface area (Å²) >= 11 is 0. The average Bonchev–Trinajstić information content (AvgIpc) is 2.77. The number of rotatable bonds is 7. The molecule has 0 saturated carbocycles. The first-order valence-electron chi connectivity index (χ1n) is 6.30. The molecule has 0 spiro atoms. The van der Waals surface area contributed by atoms with Crippen LogP contribution in [0.1, 0.15) is 26.3 Å². The lowest BCUT2D eigenvalue weighted by Gasteiger charge is -2.13. The Bertz CT molecular complexity index is 392. The summed E-state index contributed by atoms with van der Waals surface area (Å²) in [5.74, 6) is 0.643. The van der Waals surface area contributed by atoms with Crippen LogP contribution in [0.25, 0.3) is 0 Å². The Labute approximate surface area is 112 Å². The van der Waals surface area contributed by atoms with Gasteiger partial charge in [0.2, 0.25) is 0 Å². The monoisotopic (exact) mass is 270 g/mol. The van der Waals surface area contributed by atoms with E-state index in [1.165, 1.54) is 7.11 Å². The van der Waals surface area contributed by atoms with E-state index in [1.807, 2.05) is 13.8 Å². The number of amides is 2. The number of ether oxygens (including phenoxy) is 1. The molecule has 2 amide bonds. The number of anilines is 1. The lowest BCUT2D eigenvalue weighted by atomic mass is 10.3. The normalized spacial score (nSPS) is 12.5. The Hall–Kier alpha value is -1.60. The first-order chi connectivity index (χ1) is 9.04. The Morgan fingerprint density at radius 2 is 2.32 bits per heavy atom. The van der Waals surface area contributed by atoms with Crippen molar-refractivity contribution in [1.29, 1.82) is 0 Å². The summed E-state index contributed by atoms with van der Waals surface area (Å²) in [6.07, 6.45) is 1.52. The van der Waals surface area contributed by atoms with E-state index in [1.54, 1.807) is 16.9 Å². The second-order valence-electron chi connectivity index (χ2n) is 4.53. The third-order valence-corrected chi connectivity index (χ3v) is 2.52. The lowest BCUT2D eigenvalue weighted by molar-refractivity contribution is 0.0599. The number of aromatic nitrogens is 2. The van der Waals surface area contributed by atoms with E-state index in [9.17, 15) is 9.90 Å². The number of carbonyl (C=O) groups excluding carboxylic acids is 1. The Morgan fingerprint density at radius 1 is 1.58 bits per heavy atom. The largest absolute Gasteiger partial charge is 0.391 e. The molecule has 0 aliphatic rings. The van der Waals surface area contributed by atoms with Crippen molar-refractivity contribution in [2.45, 2.75) is 32.4 Å². The minimum Gasteiger partial charge on any atom is -0.391 e. The van der Waals surface area contributed by atoms with E-state index in [4.69, 9.17) is 4.74 Å². The van der Waals surface area contributed by atoms with Gasteiger partial charge in [-0.25, -0.2) is 9.48 Å². The zero-order chi connectivity index (χ0) is 14.3. The number of aliphatic hydroxyl groups is 1. The highest BCUT2D eigenvalue weighted by Crippen LogP contribution is 2.12. The van der Waals surface area contributed by atoms with Crippen molar-refractivity contribution in [1.82, 2.24) is 15.1 Å². The SMILES string of the molecule is COCC(O)CCNC(=O)Nc1ccnn1C(C)C. The zero-order valence-electron chi connectivity index (χ0n) is 11.6. The van der Waals surface area contributed by atoms with Gasteiger partial charge >= 0.3 is 6.03 Å². The predicted octanol–water partition coefficient (Wildman–Crippen LogP) is 0.983. The van der Waals surface area contributed by atoms with Gasteiger partial charge < -0.3 is 15.2 Å². The van der Waals surface area contributed by atoms with E-state index < -0.39 is 6.10 Å². The van der Waals surface area contributed by atoms with Gasteiger partial charge in [-0.15, -0.1) is 0 Å². The number of hydrogen-bond acceptors (Lipinski definition) is 4. The molecule has 7 nitrogen and oxygen atoms in total. The van der Waals surface area contributed by atoms with Gasteiger partial charge in [0, 0.05) is 25.8 Å². The van der Waals surface area contributed by atoms with Crippen molar-refractivity contribution in [2.75, 3.05) is 25.6 Å². The maximum atomic E-state index is 11.6. The van der Waals surface area contributed by atoms with Crippen LogP contribution < -0.4 is 10.6 Å². The number of nitrogens with one attached hydrogen (secondary N) is 2. The highest BCUT2D eigenvalue weighted by Gasteiger charge is 2.09. The molecule has 0 saturated heterocycles. The Morgan fingerprint density at radius 3 is 2.95 bits per heavy atom. The van der Waals surface area contributed by atoms with Gasteiger partial charge in [-0.1, -0.05) is 0 Å². The number of nitrogens with zero attached hydrogens (tertiary/aromatic N) is 2. The van der Waals surface area contributed by atoms with Gasteiger partial charge in [-0.05, 0) is 20.3 Å². The van der Waals surface area contributed by atoms with Crippen LogP contribution in [0.5, 0.6) is 0 Å². The molecule has 1 heterocycles. The number of urea groups is 1. The summed E-state index contributed by atoms with van der Waals surface area (Å²) < 4.78 is 6.52. The third kappa shape index (κ3) is 5.27. The van der Waals surface area contributed by atoms with Crippen LogP contribution in [0.3, 0.4) is 0 Å². The summed E-state index contributed by atoms with van der Waals surface area (Å²) in [4.78, 5) is 11.6. The smallest absolute Gasteiger partial charge is 0.320 e. The Kier molecular flexibility index (Phi) is 6.31. The van der Waals surface area contributed by atoms with Crippen LogP contribution in [0.2, 0.25) is 0 Å². The van der Waals surface area contributed by atoms with Gasteiger partial charge in [-0.2, -0.15) is 5.10 Å². The second kappa shape index (κ2) is 7.75. The molecule has 0 bridgehead atoms. The fourth-order valence-electron chi connectivity index (χ4n) is 1.61. The van der Waals surface area contributed by atoms with E-state index in [-0.39, 0.29) is 18.7 Å². The molecule has 108 valence electrons. The molecule has 1 rings (SSSR count). The van der Waals surface area contributed by atoms with Crippen molar-refractivity contribution in [3.63, 3.8) is 0 Å². The van der Waals surface area contributed by atoms with E-state index in [2.05, 4.69) is 15.7 Å². The van der Waals surface area contributed by atoms with Gasteiger partial charge in [0.05, 0.1) is 18.9 Å². The standard InChI is InChI=1S/C12H22N4O3/c1-9(2)16-11(5-7-14-16)15-12(18)13-6-4-10(17)8-19-3/h5,7,9-10,17H,4,6,8H2,1-3H3,(H2,13,15,18). The molecule has 1 unspecified atom stereocenters. The van der Waals surface area contributed by atoms with Crippen molar-refractivity contribution < 1.29 is 14.6 Å². The molecule has 1 aromatic heterocycles. The van der Waals surface area contributed by atoms with Gasteiger partial charge in [0.15, 0.2) is 0 Å². The average molecular weight is 270 g/mol. The molecule has 7 heteroatoms. The summed E-state index contributed by atoms with van der Waals surface area (Å²) in [5, 5.41) is 18.9. The van der Waals surface area contributed by atoms with Crippen LogP contribution >= 0.6 is 0 Å². The third-order valence-electron chi connectivity index (χ3n) is 2.52.